The van der Waals surface area contributed by atoms with E-state index in [1.165, 1.54) is 4.90 Å². The number of carbonyl (C=O) groups is 1. The fourth-order valence-corrected chi connectivity index (χ4v) is 3.67. The van der Waals surface area contributed by atoms with Crippen molar-refractivity contribution in [1.29, 1.82) is 5.41 Å². The van der Waals surface area contributed by atoms with Crippen LogP contribution in [0.1, 0.15) is 50.1 Å². The van der Waals surface area contributed by atoms with E-state index in [0.717, 1.165) is 22.5 Å². The summed E-state index contributed by atoms with van der Waals surface area (Å²) in [5, 5.41) is 15.1. The molecule has 6 nitrogen and oxygen atoms in total. The third-order valence-corrected chi connectivity index (χ3v) is 5.38. The quantitative estimate of drug-likeness (QED) is 0.669. The van der Waals surface area contributed by atoms with Crippen molar-refractivity contribution in [3.63, 3.8) is 0 Å². The van der Waals surface area contributed by atoms with E-state index in [2.05, 4.69) is 27.5 Å². The number of hydrogen-bond donors (Lipinski definition) is 3. The van der Waals surface area contributed by atoms with Gasteiger partial charge in [-0.1, -0.05) is 17.5 Å². The molecule has 7 heteroatoms. The summed E-state index contributed by atoms with van der Waals surface area (Å²) in [7, 11) is 1.59. The fraction of sp³-hybridized carbons (Fsp3) is 0.318. The number of guanidine groups is 1. The van der Waals surface area contributed by atoms with E-state index in [9.17, 15) is 4.79 Å². The van der Waals surface area contributed by atoms with E-state index in [-0.39, 0.29) is 24.3 Å². The van der Waals surface area contributed by atoms with Gasteiger partial charge in [-0.05, 0) is 56.7 Å². The smallest absolute Gasteiger partial charge is 0.231 e. The van der Waals surface area contributed by atoms with Crippen molar-refractivity contribution in [1.82, 2.24) is 15.2 Å². The fourth-order valence-electron chi connectivity index (χ4n) is 3.34. The van der Waals surface area contributed by atoms with Crippen LogP contribution in [-0.4, -0.2) is 28.8 Å². The van der Waals surface area contributed by atoms with Crippen LogP contribution in [-0.2, 0) is 10.3 Å². The highest BCUT2D eigenvalue weighted by Crippen LogP contribution is 2.36. The Bertz CT molecular complexity index is 988. The largest absolute Gasteiger partial charge is 0.377 e. The summed E-state index contributed by atoms with van der Waals surface area (Å²) in [6.45, 7) is 5.71. The molecule has 0 bridgehead atoms. The lowest BCUT2D eigenvalue weighted by Gasteiger charge is -2.40. The van der Waals surface area contributed by atoms with Crippen LogP contribution in [0.3, 0.4) is 0 Å². The van der Waals surface area contributed by atoms with Gasteiger partial charge in [-0.15, -0.1) is 5.92 Å². The molecule has 1 aliphatic rings. The van der Waals surface area contributed by atoms with Crippen molar-refractivity contribution in [2.45, 2.75) is 38.8 Å². The first-order chi connectivity index (χ1) is 13.7. The molecule has 29 heavy (non-hydrogen) atoms. The molecule has 0 aliphatic carbocycles. The number of nitrogens with one attached hydrogen (secondary N) is 3. The number of anilines is 1. The summed E-state index contributed by atoms with van der Waals surface area (Å²) < 4.78 is 0. The first-order valence-electron chi connectivity index (χ1n) is 9.32. The van der Waals surface area contributed by atoms with Crippen molar-refractivity contribution in [2.24, 2.45) is 0 Å². The molecule has 0 radical (unpaired) electrons. The molecule has 1 fully saturated rings. The third kappa shape index (κ3) is 4.36. The number of pyridine rings is 1. The number of nitrogens with zero attached hydrogens (tertiary/aromatic N) is 2. The summed E-state index contributed by atoms with van der Waals surface area (Å²) in [4.78, 5) is 18.1. The number of aromatic nitrogens is 1. The highest BCUT2D eigenvalue weighted by Gasteiger charge is 2.39. The lowest BCUT2D eigenvalue weighted by Crippen LogP contribution is -2.58. The maximum absolute atomic E-state index is 12.3. The molecule has 1 saturated heterocycles. The Balaban J connectivity index is 1.84. The van der Waals surface area contributed by atoms with Gasteiger partial charge in [-0.2, -0.15) is 0 Å². The first-order valence-corrected chi connectivity index (χ1v) is 9.70. The molecule has 0 spiro atoms. The Kier molecular flexibility index (Phi) is 5.81. The van der Waals surface area contributed by atoms with Crippen molar-refractivity contribution in [3.05, 3.63) is 58.4 Å². The van der Waals surface area contributed by atoms with Gasteiger partial charge >= 0.3 is 0 Å². The Morgan fingerprint density at radius 3 is 2.76 bits per heavy atom. The molecule has 1 aromatic carbocycles. The molecule has 3 rings (SSSR count). The van der Waals surface area contributed by atoms with Gasteiger partial charge < -0.3 is 10.6 Å². The second kappa shape index (κ2) is 8.14. The third-order valence-electron chi connectivity index (χ3n) is 5.05. The topological polar surface area (TPSA) is 81.1 Å². The van der Waals surface area contributed by atoms with Crippen molar-refractivity contribution in [3.8, 4) is 11.8 Å². The standard InChI is InChI=1S/C22H24ClN5O/c1-5-6-15-7-10-19(25-13-15)14(2)26-16-8-9-18(23)17(11-16)22(3)12-20(29)28(4)21(24)27-22/h7-11,13-14,26H,12H2,1-4H3,(H2,24,27)/t14-,22+/m1/s1. The minimum absolute atomic E-state index is 0.0363. The van der Waals surface area contributed by atoms with Crippen LogP contribution in [0.5, 0.6) is 0 Å². The van der Waals surface area contributed by atoms with Gasteiger partial charge in [0.05, 0.1) is 23.7 Å². The second-order valence-electron chi connectivity index (χ2n) is 7.34. The van der Waals surface area contributed by atoms with Crippen LogP contribution in [0.2, 0.25) is 5.02 Å². The summed E-state index contributed by atoms with van der Waals surface area (Å²) in [6, 6.07) is 9.49. The predicted octanol–water partition coefficient (Wildman–Crippen LogP) is 3.88. The Morgan fingerprint density at radius 1 is 1.38 bits per heavy atom. The molecule has 2 atom stereocenters. The molecule has 0 saturated carbocycles. The highest BCUT2D eigenvalue weighted by molar-refractivity contribution is 6.31. The van der Waals surface area contributed by atoms with Gasteiger partial charge in [-0.3, -0.25) is 20.1 Å². The van der Waals surface area contributed by atoms with E-state index in [4.69, 9.17) is 17.0 Å². The van der Waals surface area contributed by atoms with Crippen LogP contribution < -0.4 is 10.6 Å². The molecule has 3 N–H and O–H groups in total. The van der Waals surface area contributed by atoms with Gasteiger partial charge in [-0.25, -0.2) is 0 Å². The normalized spacial score (nSPS) is 19.8. The molecule has 2 heterocycles. The molecular formula is C22H24ClN5O. The first kappa shape index (κ1) is 20.7. The Morgan fingerprint density at radius 2 is 2.14 bits per heavy atom. The maximum Gasteiger partial charge on any atom is 0.231 e. The zero-order valence-electron chi connectivity index (χ0n) is 16.9. The lowest BCUT2D eigenvalue weighted by molar-refractivity contribution is -0.129. The van der Waals surface area contributed by atoms with E-state index in [1.807, 2.05) is 38.1 Å². The van der Waals surface area contributed by atoms with Crippen LogP contribution in [0.15, 0.2) is 36.5 Å². The molecule has 2 aromatic rings. The number of hydrogen-bond acceptors (Lipinski definition) is 4. The summed E-state index contributed by atoms with van der Waals surface area (Å²) >= 11 is 6.46. The molecule has 0 unspecified atom stereocenters. The van der Waals surface area contributed by atoms with E-state index < -0.39 is 5.54 Å². The van der Waals surface area contributed by atoms with Crippen LogP contribution >= 0.6 is 11.6 Å². The summed E-state index contributed by atoms with van der Waals surface area (Å²) in [5.74, 6) is 5.78. The SMILES string of the molecule is CC#Cc1ccc([C@@H](C)Nc2ccc(Cl)c([C@]3(C)CC(=O)N(C)C(=N)N3)c2)nc1. The van der Waals surface area contributed by atoms with Gasteiger partial charge in [0.2, 0.25) is 5.91 Å². The average molecular weight is 410 g/mol. The molecule has 150 valence electrons. The minimum atomic E-state index is -0.753. The number of carbonyl (C=O) groups excluding carboxylic acids is 1. The van der Waals surface area contributed by atoms with E-state index in [0.29, 0.717) is 5.02 Å². The monoisotopic (exact) mass is 409 g/mol. The molecule has 1 aliphatic heterocycles. The molecule has 1 amide bonds. The number of rotatable bonds is 4. The number of halogens is 1. The van der Waals surface area contributed by atoms with E-state index >= 15 is 0 Å². The zero-order chi connectivity index (χ0) is 21.2. The number of amides is 1. The van der Waals surface area contributed by atoms with Crippen molar-refractivity contribution in [2.75, 3.05) is 12.4 Å². The van der Waals surface area contributed by atoms with Crippen molar-refractivity contribution < 1.29 is 4.79 Å². The van der Waals surface area contributed by atoms with Gasteiger partial charge in [0, 0.05) is 29.5 Å². The Labute approximate surface area is 176 Å². The van der Waals surface area contributed by atoms with Crippen LogP contribution in [0.4, 0.5) is 5.69 Å². The summed E-state index contributed by atoms with van der Waals surface area (Å²) in [6.07, 6.45) is 1.98. The molecule has 1 aromatic heterocycles. The van der Waals surface area contributed by atoms with Gasteiger partial charge in [0.25, 0.3) is 0 Å². The van der Waals surface area contributed by atoms with Gasteiger partial charge in [0.1, 0.15) is 0 Å². The van der Waals surface area contributed by atoms with Gasteiger partial charge in [0.15, 0.2) is 5.96 Å². The number of benzene rings is 1. The Hall–Kier alpha value is -3.04. The maximum atomic E-state index is 12.3. The minimum Gasteiger partial charge on any atom is -0.377 e. The van der Waals surface area contributed by atoms with Crippen LogP contribution in [0.25, 0.3) is 0 Å². The lowest BCUT2D eigenvalue weighted by atomic mass is 9.86. The van der Waals surface area contributed by atoms with E-state index in [1.54, 1.807) is 26.2 Å². The predicted molar refractivity (Wildman–Crippen MR) is 116 cm³/mol. The highest BCUT2D eigenvalue weighted by atomic mass is 35.5. The summed E-state index contributed by atoms with van der Waals surface area (Å²) in [5.41, 5.74) is 2.65. The molecular weight excluding hydrogens is 386 g/mol. The second-order valence-corrected chi connectivity index (χ2v) is 7.75. The van der Waals surface area contributed by atoms with Crippen LogP contribution in [0, 0.1) is 17.3 Å². The average Bonchev–Trinajstić information content (AvgIpc) is 2.68. The van der Waals surface area contributed by atoms with Crippen molar-refractivity contribution >= 4 is 29.2 Å². The zero-order valence-corrected chi connectivity index (χ0v) is 17.7.